The fourth-order valence-electron chi connectivity index (χ4n) is 0.944. The van der Waals surface area contributed by atoms with E-state index in [4.69, 9.17) is 0 Å². The summed E-state index contributed by atoms with van der Waals surface area (Å²) < 4.78 is 0. The normalized spacial score (nSPS) is 8.45. The summed E-state index contributed by atoms with van der Waals surface area (Å²) in [7, 11) is 0. The summed E-state index contributed by atoms with van der Waals surface area (Å²) in [6.45, 7) is 5.90. The molecule has 1 aromatic carbocycles. The smallest absolute Gasteiger partial charge is 0 e. The molecule has 0 N–H and O–H groups in total. The van der Waals surface area contributed by atoms with Gasteiger partial charge in [0.05, 0.1) is 0 Å². The van der Waals surface area contributed by atoms with Gasteiger partial charge in [-0.15, -0.1) is 0 Å². The third-order valence-electron chi connectivity index (χ3n) is 1.35. The number of rotatable bonds is 2. The van der Waals surface area contributed by atoms with Crippen molar-refractivity contribution >= 4 is 29.6 Å². The third kappa shape index (κ3) is 4.41. The number of hydrogen-bond donors (Lipinski definition) is 0. The molecule has 0 aliphatic heterocycles. The minimum atomic E-state index is 0. The Morgan fingerprint density at radius 1 is 1.27 bits per heavy atom. The van der Waals surface area contributed by atoms with Gasteiger partial charge in [0.1, 0.15) is 0 Å². The molecule has 0 unspecified atom stereocenters. The summed E-state index contributed by atoms with van der Waals surface area (Å²) in [5.74, 6) is 0. The van der Waals surface area contributed by atoms with E-state index in [9.17, 15) is 0 Å². The van der Waals surface area contributed by atoms with Crippen molar-refractivity contribution < 1.29 is 0 Å². The molecule has 0 amide bonds. The van der Waals surface area contributed by atoms with E-state index in [1.807, 2.05) is 13.0 Å². The van der Waals surface area contributed by atoms with Crippen LogP contribution in [0.3, 0.4) is 0 Å². The van der Waals surface area contributed by atoms with Crippen LogP contribution >= 0.6 is 0 Å². The van der Waals surface area contributed by atoms with Gasteiger partial charge in [-0.3, -0.25) is 0 Å². The number of benzene rings is 1. The van der Waals surface area contributed by atoms with Crippen molar-refractivity contribution in [2.24, 2.45) is 0 Å². The Morgan fingerprint density at radius 2 is 1.82 bits per heavy atom. The first kappa shape index (κ1) is 11.0. The monoisotopic (exact) mass is 155 g/mol. The summed E-state index contributed by atoms with van der Waals surface area (Å²) >= 11 is 0. The van der Waals surface area contributed by atoms with Gasteiger partial charge in [0.25, 0.3) is 0 Å². The van der Waals surface area contributed by atoms with E-state index in [0.29, 0.717) is 0 Å². The standard InChI is InChI=1S/C10H12.Na/c1-9(2)8-10-6-4-3-5-7-10;/h3-7H,1,8H2,2H3;. The molecule has 0 bridgehead atoms. The second-order valence-corrected chi connectivity index (χ2v) is 2.62. The molecular weight excluding hydrogens is 143 g/mol. The van der Waals surface area contributed by atoms with Crippen LogP contribution in [0.15, 0.2) is 42.5 Å². The van der Waals surface area contributed by atoms with E-state index in [0.717, 1.165) is 6.42 Å². The first-order chi connectivity index (χ1) is 4.79. The molecule has 0 aromatic heterocycles. The SMILES string of the molecule is C=C(C)Cc1ccccc1.[Na]. The molecule has 53 valence electrons. The summed E-state index contributed by atoms with van der Waals surface area (Å²) in [5.41, 5.74) is 2.56. The minimum absolute atomic E-state index is 0. The van der Waals surface area contributed by atoms with Crippen molar-refractivity contribution in [2.45, 2.75) is 13.3 Å². The maximum atomic E-state index is 3.85. The van der Waals surface area contributed by atoms with Gasteiger partial charge in [0, 0.05) is 29.6 Å². The van der Waals surface area contributed by atoms with Crippen LogP contribution in [-0.2, 0) is 6.42 Å². The Hall–Kier alpha value is -0.0400. The molecule has 0 saturated carbocycles. The predicted molar refractivity (Wildman–Crippen MR) is 50.7 cm³/mol. The molecule has 1 rings (SSSR count). The molecule has 0 aliphatic carbocycles. The molecule has 0 fully saturated rings. The van der Waals surface area contributed by atoms with Crippen LogP contribution in [0.2, 0.25) is 0 Å². The largest absolute Gasteiger partial charge is 0.0998 e. The van der Waals surface area contributed by atoms with E-state index in [-0.39, 0.29) is 29.6 Å². The summed E-state index contributed by atoms with van der Waals surface area (Å²) in [4.78, 5) is 0. The average molecular weight is 155 g/mol. The molecule has 1 aromatic rings. The second-order valence-electron chi connectivity index (χ2n) is 2.62. The van der Waals surface area contributed by atoms with Crippen molar-refractivity contribution in [3.63, 3.8) is 0 Å². The fourth-order valence-corrected chi connectivity index (χ4v) is 0.944. The van der Waals surface area contributed by atoms with Crippen molar-refractivity contribution in [2.75, 3.05) is 0 Å². The summed E-state index contributed by atoms with van der Waals surface area (Å²) in [6.07, 6.45) is 1.00. The van der Waals surface area contributed by atoms with E-state index in [2.05, 4.69) is 30.8 Å². The topological polar surface area (TPSA) is 0 Å². The van der Waals surface area contributed by atoms with Crippen molar-refractivity contribution in [1.82, 2.24) is 0 Å². The molecule has 11 heavy (non-hydrogen) atoms. The van der Waals surface area contributed by atoms with E-state index < -0.39 is 0 Å². The molecule has 1 heteroatoms. The first-order valence-electron chi connectivity index (χ1n) is 3.47. The van der Waals surface area contributed by atoms with Gasteiger partial charge in [0.2, 0.25) is 0 Å². The molecule has 0 saturated heterocycles. The number of allylic oxidation sites excluding steroid dienone is 1. The van der Waals surface area contributed by atoms with Crippen molar-refractivity contribution in [3.05, 3.63) is 48.0 Å². The Kier molecular flexibility index (Phi) is 5.57. The van der Waals surface area contributed by atoms with Crippen molar-refractivity contribution in [1.29, 1.82) is 0 Å². The Labute approximate surface area is 90.6 Å². The average Bonchev–Trinajstić information content (AvgIpc) is 1.88. The van der Waals surface area contributed by atoms with Crippen LogP contribution in [0.4, 0.5) is 0 Å². The van der Waals surface area contributed by atoms with E-state index >= 15 is 0 Å². The molecule has 1 radical (unpaired) electrons. The van der Waals surface area contributed by atoms with Gasteiger partial charge < -0.3 is 0 Å². The van der Waals surface area contributed by atoms with Crippen LogP contribution in [0.1, 0.15) is 12.5 Å². The van der Waals surface area contributed by atoms with Crippen LogP contribution in [0.25, 0.3) is 0 Å². The molecule has 0 nitrogen and oxygen atoms in total. The van der Waals surface area contributed by atoms with Gasteiger partial charge in [-0.2, -0.15) is 0 Å². The molecule has 0 atom stereocenters. The Morgan fingerprint density at radius 3 is 2.27 bits per heavy atom. The van der Waals surface area contributed by atoms with Gasteiger partial charge in [0.15, 0.2) is 0 Å². The molecule has 0 heterocycles. The number of hydrogen-bond acceptors (Lipinski definition) is 0. The second kappa shape index (κ2) is 5.59. The molecule has 0 aliphatic rings. The maximum Gasteiger partial charge on any atom is 0 e. The van der Waals surface area contributed by atoms with E-state index in [1.165, 1.54) is 11.1 Å². The quantitative estimate of drug-likeness (QED) is 0.454. The summed E-state index contributed by atoms with van der Waals surface area (Å²) in [5, 5.41) is 0. The van der Waals surface area contributed by atoms with Crippen molar-refractivity contribution in [3.8, 4) is 0 Å². The van der Waals surface area contributed by atoms with Crippen LogP contribution in [-0.4, -0.2) is 29.6 Å². The maximum absolute atomic E-state index is 3.85. The zero-order valence-electron chi connectivity index (χ0n) is 7.30. The minimum Gasteiger partial charge on any atom is -0.0998 e. The van der Waals surface area contributed by atoms with Crippen LogP contribution in [0, 0.1) is 0 Å². The Balaban J connectivity index is 0.000001000. The van der Waals surface area contributed by atoms with Crippen LogP contribution < -0.4 is 0 Å². The first-order valence-corrected chi connectivity index (χ1v) is 3.47. The molecular formula is C10H12Na. The summed E-state index contributed by atoms with van der Waals surface area (Å²) in [6, 6.07) is 10.4. The zero-order valence-corrected chi connectivity index (χ0v) is 9.30. The van der Waals surface area contributed by atoms with E-state index in [1.54, 1.807) is 0 Å². The van der Waals surface area contributed by atoms with Gasteiger partial charge >= 0.3 is 0 Å². The predicted octanol–water partition coefficient (Wildman–Crippen LogP) is 2.42. The molecule has 0 spiro atoms. The Bertz CT molecular complexity index is 214. The fraction of sp³-hybridized carbons (Fsp3) is 0.200. The van der Waals surface area contributed by atoms with Gasteiger partial charge in [-0.1, -0.05) is 42.5 Å². The third-order valence-corrected chi connectivity index (χ3v) is 1.35. The van der Waals surface area contributed by atoms with Crippen LogP contribution in [0.5, 0.6) is 0 Å². The van der Waals surface area contributed by atoms with Gasteiger partial charge in [-0.25, -0.2) is 0 Å². The zero-order chi connectivity index (χ0) is 7.40. The van der Waals surface area contributed by atoms with Gasteiger partial charge in [-0.05, 0) is 18.9 Å².